The highest BCUT2D eigenvalue weighted by atomic mass is 19.3. The first-order chi connectivity index (χ1) is 19.1. The molecule has 0 amide bonds. The van der Waals surface area contributed by atoms with Crippen LogP contribution in [0.4, 0.5) is 13.2 Å². The summed E-state index contributed by atoms with van der Waals surface area (Å²) in [6, 6.07) is 4.49. The Bertz CT molecular complexity index is 1490. The summed E-state index contributed by atoms with van der Waals surface area (Å²) in [5.74, 6) is -4.64. The number of nitrogens with zero attached hydrogens (tertiary/aromatic N) is 3. The van der Waals surface area contributed by atoms with E-state index in [1.165, 1.54) is 23.8 Å². The van der Waals surface area contributed by atoms with E-state index in [1.807, 2.05) is 18.7 Å². The van der Waals surface area contributed by atoms with Crippen molar-refractivity contribution in [2.24, 2.45) is 5.92 Å². The van der Waals surface area contributed by atoms with Crippen LogP contribution in [-0.2, 0) is 29.2 Å². The molecule has 0 saturated carbocycles. The van der Waals surface area contributed by atoms with Gasteiger partial charge in [-0.25, -0.2) is 18.2 Å². The first-order valence-corrected chi connectivity index (χ1v) is 13.3. The van der Waals surface area contributed by atoms with Gasteiger partial charge in [0.25, 0.3) is 11.5 Å². The second kappa shape index (κ2) is 11.8. The number of halogens is 3. The SMILES string of the molecule is CC.COCc1c(C(O)C=O)cc2n(c1=O)Cc1c-2nc2cc(F)c(C)cc2c1CN1CCC(F)(F)C(CO)C1. The zero-order chi connectivity index (χ0) is 29.4. The number of ether oxygens (including phenoxy) is 1. The number of carbonyl (C=O) groups is 1. The third-order valence-corrected chi connectivity index (χ3v) is 7.65. The summed E-state index contributed by atoms with van der Waals surface area (Å²) in [6.45, 7) is 5.29. The number of piperidine rings is 1. The Labute approximate surface area is 230 Å². The van der Waals surface area contributed by atoms with Gasteiger partial charge in [0, 0.05) is 61.3 Å². The fraction of sp³-hybridized carbons (Fsp3) is 0.483. The largest absolute Gasteiger partial charge is 0.396 e. The van der Waals surface area contributed by atoms with E-state index in [4.69, 9.17) is 4.74 Å². The van der Waals surface area contributed by atoms with Gasteiger partial charge in [-0.1, -0.05) is 13.8 Å². The van der Waals surface area contributed by atoms with Gasteiger partial charge in [0.1, 0.15) is 11.9 Å². The Morgan fingerprint density at radius 3 is 2.62 bits per heavy atom. The number of hydrogen-bond acceptors (Lipinski definition) is 7. The summed E-state index contributed by atoms with van der Waals surface area (Å²) in [5.41, 5.74) is 2.69. The number of aldehydes is 1. The molecular formula is C29H34F3N3O5. The number of fused-ring (bicyclic) bond motifs is 4. The molecule has 2 atom stereocenters. The lowest BCUT2D eigenvalue weighted by molar-refractivity contribution is -0.121. The quantitative estimate of drug-likeness (QED) is 0.332. The van der Waals surface area contributed by atoms with E-state index in [1.54, 1.807) is 13.0 Å². The molecule has 2 aliphatic heterocycles. The molecule has 5 rings (SSSR count). The first kappa shape index (κ1) is 29.9. The number of methoxy groups -OCH3 is 1. The van der Waals surface area contributed by atoms with Crippen molar-refractivity contribution in [1.29, 1.82) is 0 Å². The van der Waals surface area contributed by atoms with Gasteiger partial charge in [-0.15, -0.1) is 0 Å². The molecule has 1 saturated heterocycles. The average molecular weight is 562 g/mol. The normalized spacial score (nSPS) is 18.6. The molecule has 0 spiro atoms. The first-order valence-electron chi connectivity index (χ1n) is 13.3. The topological polar surface area (TPSA) is 105 Å². The van der Waals surface area contributed by atoms with Gasteiger partial charge in [0.05, 0.1) is 42.6 Å². The van der Waals surface area contributed by atoms with Crippen LogP contribution in [0, 0.1) is 18.7 Å². The number of rotatable bonds is 7. The number of aliphatic hydroxyl groups is 2. The molecule has 8 nitrogen and oxygen atoms in total. The van der Waals surface area contributed by atoms with Crippen molar-refractivity contribution in [1.82, 2.24) is 14.5 Å². The third kappa shape index (κ3) is 5.18. The highest BCUT2D eigenvalue weighted by molar-refractivity contribution is 5.88. The number of benzene rings is 1. The van der Waals surface area contributed by atoms with Crippen molar-refractivity contribution in [3.63, 3.8) is 0 Å². The van der Waals surface area contributed by atoms with Crippen LogP contribution in [0.15, 0.2) is 23.0 Å². The van der Waals surface area contributed by atoms with Gasteiger partial charge in [-0.2, -0.15) is 0 Å². The third-order valence-electron chi connectivity index (χ3n) is 7.65. The minimum absolute atomic E-state index is 0.0250. The van der Waals surface area contributed by atoms with Gasteiger partial charge in [0.15, 0.2) is 6.29 Å². The van der Waals surface area contributed by atoms with E-state index < -0.39 is 42.3 Å². The predicted molar refractivity (Wildman–Crippen MR) is 144 cm³/mol. The summed E-state index contributed by atoms with van der Waals surface area (Å²) in [7, 11) is 1.40. The smallest absolute Gasteiger partial charge is 0.257 e. The number of alkyl halides is 2. The van der Waals surface area contributed by atoms with Crippen molar-refractivity contribution >= 4 is 17.2 Å². The zero-order valence-electron chi connectivity index (χ0n) is 23.0. The number of aliphatic hydroxyl groups excluding tert-OH is 2. The number of carbonyl (C=O) groups excluding carboxylic acids is 1. The highest BCUT2D eigenvalue weighted by Crippen LogP contribution is 2.39. The van der Waals surface area contributed by atoms with E-state index >= 15 is 0 Å². The molecule has 0 aliphatic carbocycles. The van der Waals surface area contributed by atoms with Crippen LogP contribution in [0.1, 0.15) is 54.2 Å². The second-order valence-electron chi connectivity index (χ2n) is 10.0. The van der Waals surface area contributed by atoms with Crippen LogP contribution in [0.3, 0.4) is 0 Å². The maximum absolute atomic E-state index is 14.6. The van der Waals surface area contributed by atoms with E-state index in [2.05, 4.69) is 4.98 Å². The number of hydrogen-bond donors (Lipinski definition) is 2. The molecule has 2 aliphatic rings. The van der Waals surface area contributed by atoms with Gasteiger partial charge in [-0.3, -0.25) is 9.69 Å². The molecule has 4 heterocycles. The van der Waals surface area contributed by atoms with E-state index in [0.717, 1.165) is 5.56 Å². The van der Waals surface area contributed by atoms with Gasteiger partial charge >= 0.3 is 0 Å². The van der Waals surface area contributed by atoms with Crippen LogP contribution in [0.25, 0.3) is 22.3 Å². The van der Waals surface area contributed by atoms with Crippen LogP contribution in [0.5, 0.6) is 0 Å². The molecular weight excluding hydrogens is 527 g/mol. The molecule has 0 radical (unpaired) electrons. The molecule has 0 bridgehead atoms. The van der Waals surface area contributed by atoms with E-state index in [9.17, 15) is 33.0 Å². The lowest BCUT2D eigenvalue weighted by Crippen LogP contribution is -2.48. The Morgan fingerprint density at radius 2 is 1.98 bits per heavy atom. The monoisotopic (exact) mass is 561 g/mol. The Hall–Kier alpha value is -3.12. The summed E-state index contributed by atoms with van der Waals surface area (Å²) < 4.78 is 49.8. The summed E-state index contributed by atoms with van der Waals surface area (Å²) >= 11 is 0. The van der Waals surface area contributed by atoms with Crippen molar-refractivity contribution in [3.8, 4) is 11.4 Å². The van der Waals surface area contributed by atoms with E-state index in [-0.39, 0.29) is 43.9 Å². The van der Waals surface area contributed by atoms with Gasteiger partial charge in [-0.05, 0) is 30.2 Å². The minimum Gasteiger partial charge on any atom is -0.396 e. The molecule has 40 heavy (non-hydrogen) atoms. The van der Waals surface area contributed by atoms with Crippen molar-refractivity contribution < 1.29 is 32.9 Å². The molecule has 11 heteroatoms. The van der Waals surface area contributed by atoms with Crippen LogP contribution in [-0.4, -0.2) is 63.7 Å². The van der Waals surface area contributed by atoms with Crippen LogP contribution in [0.2, 0.25) is 0 Å². The number of likely N-dealkylation sites (tertiary alicyclic amines) is 1. The molecule has 1 fully saturated rings. The van der Waals surface area contributed by atoms with E-state index in [0.29, 0.717) is 39.7 Å². The zero-order valence-corrected chi connectivity index (χ0v) is 23.0. The lowest BCUT2D eigenvalue weighted by atomic mass is 9.92. The number of aromatic nitrogens is 2. The molecule has 3 aromatic rings. The Morgan fingerprint density at radius 1 is 1.25 bits per heavy atom. The fourth-order valence-corrected chi connectivity index (χ4v) is 5.51. The Kier molecular flexibility index (Phi) is 8.79. The van der Waals surface area contributed by atoms with Crippen molar-refractivity contribution in [2.75, 3.05) is 26.8 Å². The van der Waals surface area contributed by atoms with Crippen LogP contribution >= 0.6 is 0 Å². The van der Waals surface area contributed by atoms with Crippen molar-refractivity contribution in [2.45, 2.75) is 58.9 Å². The second-order valence-corrected chi connectivity index (χ2v) is 10.0. The summed E-state index contributed by atoms with van der Waals surface area (Å²) in [6.07, 6.45) is -1.63. The summed E-state index contributed by atoms with van der Waals surface area (Å²) in [5, 5.41) is 20.5. The van der Waals surface area contributed by atoms with Gasteiger partial charge < -0.3 is 24.3 Å². The molecule has 216 valence electrons. The molecule has 1 aromatic carbocycles. The Balaban J connectivity index is 0.00000181. The van der Waals surface area contributed by atoms with Crippen molar-refractivity contribution in [3.05, 3.63) is 62.2 Å². The minimum atomic E-state index is -2.97. The standard InChI is InChI=1S/C27H28F3N3O5.C2H6/c1-14-5-16-18(9-32-4-3-27(29,30)15(8-32)11-34)19-10-33-23(25(19)31-22(16)7-21(14)28)6-17(24(36)12-35)20(13-38-2)26(33)37;1-2/h5-7,12,15,24,34,36H,3-4,8-11,13H2,1-2H3;1-2H3. The maximum atomic E-state index is 14.6. The molecule has 2 unspecified atom stereocenters. The lowest BCUT2D eigenvalue weighted by Gasteiger charge is -2.38. The highest BCUT2D eigenvalue weighted by Gasteiger charge is 2.44. The van der Waals surface area contributed by atoms with Crippen LogP contribution < -0.4 is 5.56 Å². The predicted octanol–water partition coefficient (Wildman–Crippen LogP) is 3.73. The fourth-order valence-electron chi connectivity index (χ4n) is 5.51. The van der Waals surface area contributed by atoms with Gasteiger partial charge in [0.2, 0.25) is 0 Å². The number of pyridine rings is 2. The summed E-state index contributed by atoms with van der Waals surface area (Å²) in [4.78, 5) is 31.4. The number of aryl methyl sites for hydroxylation is 1. The maximum Gasteiger partial charge on any atom is 0.257 e. The molecule has 2 aromatic heterocycles. The molecule has 2 N–H and O–H groups in total. The average Bonchev–Trinajstić information content (AvgIpc) is 3.31.